The van der Waals surface area contributed by atoms with Crippen LogP contribution in [-0.4, -0.2) is 36.7 Å². The Morgan fingerprint density at radius 2 is 1.90 bits per heavy atom. The van der Waals surface area contributed by atoms with Crippen LogP contribution in [0.2, 0.25) is 0 Å². The molecule has 1 aliphatic heterocycles. The third kappa shape index (κ3) is 5.12. The number of likely N-dealkylation sites (tertiary alicyclic amines) is 1. The van der Waals surface area contributed by atoms with Gasteiger partial charge in [0.2, 0.25) is 0 Å². The van der Waals surface area contributed by atoms with Crippen LogP contribution in [0.5, 0.6) is 5.75 Å². The molecule has 0 bridgehead atoms. The van der Waals surface area contributed by atoms with Crippen molar-refractivity contribution in [2.45, 2.75) is 52.2 Å². The molecule has 1 fully saturated rings. The molecular formula is C17H29N3O. The fraction of sp³-hybridized carbons (Fsp3) is 0.647. The third-order valence-corrected chi connectivity index (χ3v) is 3.77. The predicted molar refractivity (Wildman–Crippen MR) is 90.0 cm³/mol. The van der Waals surface area contributed by atoms with Gasteiger partial charge in [0.1, 0.15) is 5.75 Å². The van der Waals surface area contributed by atoms with Crippen LogP contribution in [0.25, 0.3) is 0 Å². The first-order chi connectivity index (χ1) is 10.0. The molecule has 1 aromatic rings. The van der Waals surface area contributed by atoms with Crippen LogP contribution in [-0.2, 0) is 0 Å². The lowest BCUT2D eigenvalue weighted by Crippen LogP contribution is -2.38. The standard InChI is InChI=1S/C17H29N3O/c1-13(2)21-17-11-15(7-8-16(17)18)19-14(3)12-20-9-5-4-6-10-20/h7-8,11,13-14,19H,4-6,9-10,12,18H2,1-3H3. The molecule has 1 aromatic carbocycles. The van der Waals surface area contributed by atoms with Gasteiger partial charge in [0, 0.05) is 24.3 Å². The Bertz CT molecular complexity index is 442. The first-order valence-electron chi connectivity index (χ1n) is 8.09. The van der Waals surface area contributed by atoms with Gasteiger partial charge in [0.05, 0.1) is 11.8 Å². The van der Waals surface area contributed by atoms with Crippen molar-refractivity contribution in [2.24, 2.45) is 0 Å². The SMILES string of the molecule is CC(CN1CCCCC1)Nc1ccc(N)c(OC(C)C)c1. The van der Waals surface area contributed by atoms with Gasteiger partial charge >= 0.3 is 0 Å². The number of benzene rings is 1. The Balaban J connectivity index is 1.91. The van der Waals surface area contributed by atoms with E-state index in [2.05, 4.69) is 17.1 Å². The van der Waals surface area contributed by atoms with Gasteiger partial charge in [-0.1, -0.05) is 6.42 Å². The Labute approximate surface area is 128 Å². The topological polar surface area (TPSA) is 50.5 Å². The van der Waals surface area contributed by atoms with Crippen molar-refractivity contribution in [2.75, 3.05) is 30.7 Å². The van der Waals surface area contributed by atoms with Crippen molar-refractivity contribution < 1.29 is 4.74 Å². The minimum atomic E-state index is 0.133. The van der Waals surface area contributed by atoms with E-state index in [-0.39, 0.29) is 6.10 Å². The summed E-state index contributed by atoms with van der Waals surface area (Å²) >= 11 is 0. The van der Waals surface area contributed by atoms with Crippen LogP contribution in [0.1, 0.15) is 40.0 Å². The summed E-state index contributed by atoms with van der Waals surface area (Å²) in [7, 11) is 0. The number of rotatable bonds is 6. The minimum absolute atomic E-state index is 0.133. The second-order valence-electron chi connectivity index (χ2n) is 6.33. The van der Waals surface area contributed by atoms with E-state index < -0.39 is 0 Å². The molecule has 3 N–H and O–H groups in total. The van der Waals surface area contributed by atoms with Gasteiger partial charge in [-0.2, -0.15) is 0 Å². The van der Waals surface area contributed by atoms with Crippen LogP contribution in [0.15, 0.2) is 18.2 Å². The Morgan fingerprint density at radius 3 is 2.57 bits per heavy atom. The number of ether oxygens (including phenoxy) is 1. The van der Waals surface area contributed by atoms with Crippen LogP contribution >= 0.6 is 0 Å². The fourth-order valence-corrected chi connectivity index (χ4v) is 2.84. The molecule has 1 saturated heterocycles. The second-order valence-corrected chi connectivity index (χ2v) is 6.33. The molecule has 0 amide bonds. The number of piperidine rings is 1. The van der Waals surface area contributed by atoms with E-state index >= 15 is 0 Å². The smallest absolute Gasteiger partial charge is 0.144 e. The van der Waals surface area contributed by atoms with Crippen LogP contribution in [0.3, 0.4) is 0 Å². The summed E-state index contributed by atoms with van der Waals surface area (Å²) in [4.78, 5) is 2.55. The van der Waals surface area contributed by atoms with Crippen molar-refractivity contribution in [3.63, 3.8) is 0 Å². The van der Waals surface area contributed by atoms with Gasteiger partial charge in [-0.25, -0.2) is 0 Å². The number of nitrogen functional groups attached to an aromatic ring is 1. The van der Waals surface area contributed by atoms with Crippen molar-refractivity contribution in [3.05, 3.63) is 18.2 Å². The number of hydrogen-bond donors (Lipinski definition) is 2. The van der Waals surface area contributed by atoms with Crippen molar-refractivity contribution in [1.29, 1.82) is 0 Å². The molecule has 21 heavy (non-hydrogen) atoms. The van der Waals surface area contributed by atoms with Gasteiger partial charge in [0.15, 0.2) is 0 Å². The zero-order valence-electron chi connectivity index (χ0n) is 13.6. The zero-order chi connectivity index (χ0) is 15.2. The summed E-state index contributed by atoms with van der Waals surface area (Å²) in [6.45, 7) is 9.81. The Hall–Kier alpha value is -1.42. The van der Waals surface area contributed by atoms with E-state index in [0.29, 0.717) is 11.7 Å². The van der Waals surface area contributed by atoms with Crippen LogP contribution < -0.4 is 15.8 Å². The van der Waals surface area contributed by atoms with Crippen molar-refractivity contribution in [3.8, 4) is 5.75 Å². The molecule has 1 heterocycles. The van der Waals surface area contributed by atoms with E-state index in [9.17, 15) is 0 Å². The average Bonchev–Trinajstić information content (AvgIpc) is 2.43. The highest BCUT2D eigenvalue weighted by atomic mass is 16.5. The van der Waals surface area contributed by atoms with Crippen LogP contribution in [0.4, 0.5) is 11.4 Å². The lowest BCUT2D eigenvalue weighted by Gasteiger charge is -2.29. The summed E-state index contributed by atoms with van der Waals surface area (Å²) in [5, 5.41) is 3.55. The summed E-state index contributed by atoms with van der Waals surface area (Å²) in [6, 6.07) is 6.35. The predicted octanol–water partition coefficient (Wildman–Crippen LogP) is 3.34. The van der Waals surface area contributed by atoms with Crippen molar-refractivity contribution in [1.82, 2.24) is 4.90 Å². The highest BCUT2D eigenvalue weighted by Gasteiger charge is 2.13. The first kappa shape index (κ1) is 16.0. The first-order valence-corrected chi connectivity index (χ1v) is 8.09. The normalized spacial score (nSPS) is 17.7. The second kappa shape index (κ2) is 7.55. The molecule has 0 spiro atoms. The molecule has 0 aromatic heterocycles. The Kier molecular flexibility index (Phi) is 5.74. The molecule has 1 aliphatic rings. The summed E-state index contributed by atoms with van der Waals surface area (Å²) < 4.78 is 5.74. The lowest BCUT2D eigenvalue weighted by atomic mass is 10.1. The molecule has 1 atom stereocenters. The molecule has 0 saturated carbocycles. The minimum Gasteiger partial charge on any atom is -0.489 e. The quantitative estimate of drug-likeness (QED) is 0.789. The molecule has 4 nitrogen and oxygen atoms in total. The lowest BCUT2D eigenvalue weighted by molar-refractivity contribution is 0.223. The maximum Gasteiger partial charge on any atom is 0.144 e. The maximum absolute atomic E-state index is 5.96. The number of nitrogens with two attached hydrogens (primary N) is 1. The van der Waals surface area contributed by atoms with Gasteiger partial charge < -0.3 is 20.7 Å². The Morgan fingerprint density at radius 1 is 1.19 bits per heavy atom. The van der Waals surface area contributed by atoms with Crippen molar-refractivity contribution >= 4 is 11.4 Å². The van der Waals surface area contributed by atoms with E-state index in [0.717, 1.165) is 18.0 Å². The summed E-state index contributed by atoms with van der Waals surface area (Å²) in [6.07, 6.45) is 4.18. The number of nitrogens with one attached hydrogen (secondary N) is 1. The average molecular weight is 291 g/mol. The molecule has 2 rings (SSSR count). The van der Waals surface area contributed by atoms with Gasteiger partial charge in [-0.3, -0.25) is 0 Å². The molecule has 0 radical (unpaired) electrons. The molecule has 4 heteroatoms. The van der Waals surface area contributed by atoms with E-state index in [1.54, 1.807) is 0 Å². The summed E-state index contributed by atoms with van der Waals surface area (Å²) in [5.74, 6) is 0.764. The fourth-order valence-electron chi connectivity index (χ4n) is 2.84. The largest absolute Gasteiger partial charge is 0.489 e. The van der Waals surface area contributed by atoms with Gasteiger partial charge in [-0.15, -0.1) is 0 Å². The van der Waals surface area contributed by atoms with Gasteiger partial charge in [0.25, 0.3) is 0 Å². The third-order valence-electron chi connectivity index (χ3n) is 3.77. The monoisotopic (exact) mass is 291 g/mol. The van der Waals surface area contributed by atoms with E-state index in [1.807, 2.05) is 32.0 Å². The molecule has 118 valence electrons. The number of hydrogen-bond acceptors (Lipinski definition) is 4. The maximum atomic E-state index is 5.96. The highest BCUT2D eigenvalue weighted by Crippen LogP contribution is 2.27. The zero-order valence-corrected chi connectivity index (χ0v) is 13.6. The van der Waals surface area contributed by atoms with Gasteiger partial charge in [-0.05, 0) is 58.8 Å². The molecular weight excluding hydrogens is 262 g/mol. The number of nitrogens with zero attached hydrogens (tertiary/aromatic N) is 1. The summed E-state index contributed by atoms with van der Waals surface area (Å²) in [5.41, 5.74) is 7.72. The van der Waals surface area contributed by atoms with E-state index in [4.69, 9.17) is 10.5 Å². The molecule has 0 aliphatic carbocycles. The molecule has 1 unspecified atom stereocenters. The van der Waals surface area contributed by atoms with E-state index in [1.165, 1.54) is 32.4 Å². The number of anilines is 2. The van der Waals surface area contributed by atoms with Crippen LogP contribution in [0, 0.1) is 0 Å². The highest BCUT2D eigenvalue weighted by molar-refractivity contribution is 5.61.